The molecule has 0 saturated carbocycles. The molecular formula is C15H13N3O5S2. The summed E-state index contributed by atoms with van der Waals surface area (Å²) < 4.78 is 13.2. The minimum Gasteiger partial charge on any atom is -0.493 e. The molecule has 0 N–H and O–H groups in total. The first-order chi connectivity index (χ1) is 11.9. The van der Waals surface area contributed by atoms with E-state index < -0.39 is 10.8 Å². The number of aromatic nitrogens is 1. The Morgan fingerprint density at radius 3 is 2.48 bits per heavy atom. The molecule has 1 amide bonds. The number of benzene rings is 1. The summed E-state index contributed by atoms with van der Waals surface area (Å²) in [4.78, 5) is 27.3. The first-order valence-corrected chi connectivity index (χ1v) is 8.62. The fourth-order valence-electron chi connectivity index (χ4n) is 2.24. The van der Waals surface area contributed by atoms with Gasteiger partial charge in [0, 0.05) is 25.2 Å². The SMILES string of the molecule is COc1cc2sc(=NC(=O)c3ccc([N+](=O)[O-])s3)n(C)c2cc1OC. The minimum absolute atomic E-state index is 0.0891. The minimum atomic E-state index is -0.528. The van der Waals surface area contributed by atoms with Crippen molar-refractivity contribution in [3.8, 4) is 11.5 Å². The lowest BCUT2D eigenvalue weighted by molar-refractivity contribution is -0.380. The summed E-state index contributed by atoms with van der Waals surface area (Å²) in [5, 5.41) is 10.6. The summed E-state index contributed by atoms with van der Waals surface area (Å²) in [5.74, 6) is 0.651. The summed E-state index contributed by atoms with van der Waals surface area (Å²) >= 11 is 2.13. The monoisotopic (exact) mass is 379 g/mol. The molecule has 0 fully saturated rings. The Bertz CT molecular complexity index is 1050. The van der Waals surface area contributed by atoms with E-state index in [4.69, 9.17) is 9.47 Å². The van der Waals surface area contributed by atoms with Crippen LogP contribution in [-0.4, -0.2) is 29.6 Å². The maximum atomic E-state index is 12.3. The number of carbonyl (C=O) groups excluding carboxylic acids is 1. The Labute approximate surface area is 149 Å². The number of hydrogen-bond acceptors (Lipinski definition) is 7. The molecule has 1 aromatic carbocycles. The Balaban J connectivity index is 2.08. The third-order valence-electron chi connectivity index (χ3n) is 3.49. The lowest BCUT2D eigenvalue weighted by Gasteiger charge is -2.07. The normalized spacial score (nSPS) is 11.7. The molecule has 0 atom stereocenters. The number of ether oxygens (including phenoxy) is 2. The lowest BCUT2D eigenvalue weighted by Crippen LogP contribution is -2.12. The van der Waals surface area contributed by atoms with E-state index in [2.05, 4.69) is 4.99 Å². The summed E-state index contributed by atoms with van der Waals surface area (Å²) in [5.41, 5.74) is 0.839. The van der Waals surface area contributed by atoms with E-state index in [1.165, 1.54) is 23.5 Å². The zero-order valence-electron chi connectivity index (χ0n) is 13.5. The van der Waals surface area contributed by atoms with Crippen LogP contribution in [0.25, 0.3) is 10.2 Å². The first-order valence-electron chi connectivity index (χ1n) is 6.99. The number of hydrogen-bond donors (Lipinski definition) is 0. The van der Waals surface area contributed by atoms with Crippen LogP contribution in [0.4, 0.5) is 5.00 Å². The van der Waals surface area contributed by atoms with Gasteiger partial charge in [0.1, 0.15) is 4.88 Å². The molecule has 0 aliphatic heterocycles. The first kappa shape index (κ1) is 17.1. The van der Waals surface area contributed by atoms with Gasteiger partial charge in [-0.15, -0.1) is 0 Å². The average Bonchev–Trinajstić information content (AvgIpc) is 3.20. The number of amides is 1. The molecule has 2 heterocycles. The van der Waals surface area contributed by atoms with Gasteiger partial charge >= 0.3 is 5.00 Å². The van der Waals surface area contributed by atoms with Crippen LogP contribution >= 0.6 is 22.7 Å². The number of aryl methyl sites for hydroxylation is 1. The molecule has 0 saturated heterocycles. The molecule has 3 aromatic rings. The predicted octanol–water partition coefficient (Wildman–Crippen LogP) is 2.97. The van der Waals surface area contributed by atoms with Gasteiger partial charge in [-0.05, 0) is 6.07 Å². The lowest BCUT2D eigenvalue weighted by atomic mass is 10.3. The molecule has 0 aliphatic carbocycles. The average molecular weight is 379 g/mol. The topological polar surface area (TPSA) is 96.0 Å². The highest BCUT2D eigenvalue weighted by Gasteiger charge is 2.16. The maximum Gasteiger partial charge on any atom is 0.324 e. The number of fused-ring (bicyclic) bond motifs is 1. The molecule has 0 unspecified atom stereocenters. The number of nitro groups is 1. The van der Waals surface area contributed by atoms with Gasteiger partial charge < -0.3 is 14.0 Å². The van der Waals surface area contributed by atoms with E-state index in [0.717, 1.165) is 21.6 Å². The van der Waals surface area contributed by atoms with Gasteiger partial charge in [0.05, 0.1) is 29.4 Å². The van der Waals surface area contributed by atoms with Gasteiger partial charge in [0.2, 0.25) is 0 Å². The number of methoxy groups -OCH3 is 2. The second-order valence-electron chi connectivity index (χ2n) is 4.93. The second kappa shape index (κ2) is 6.65. The van der Waals surface area contributed by atoms with Crippen molar-refractivity contribution in [3.63, 3.8) is 0 Å². The number of carbonyl (C=O) groups is 1. The summed E-state index contributed by atoms with van der Waals surface area (Å²) in [7, 11) is 4.89. The molecule has 0 bridgehead atoms. The summed E-state index contributed by atoms with van der Waals surface area (Å²) in [6.45, 7) is 0. The number of thiophene rings is 1. The van der Waals surface area contributed by atoms with Crippen molar-refractivity contribution in [3.05, 3.63) is 44.1 Å². The predicted molar refractivity (Wildman–Crippen MR) is 94.8 cm³/mol. The van der Waals surface area contributed by atoms with Crippen molar-refractivity contribution in [2.75, 3.05) is 14.2 Å². The second-order valence-corrected chi connectivity index (χ2v) is 7.00. The van der Waals surface area contributed by atoms with Gasteiger partial charge in [-0.3, -0.25) is 14.9 Å². The van der Waals surface area contributed by atoms with E-state index >= 15 is 0 Å². The highest BCUT2D eigenvalue weighted by atomic mass is 32.1. The van der Waals surface area contributed by atoms with Crippen LogP contribution in [-0.2, 0) is 7.05 Å². The third kappa shape index (κ3) is 3.13. The van der Waals surface area contributed by atoms with Gasteiger partial charge in [0.25, 0.3) is 5.91 Å². The molecule has 0 radical (unpaired) electrons. The van der Waals surface area contributed by atoms with Crippen LogP contribution < -0.4 is 14.3 Å². The molecule has 2 aromatic heterocycles. The van der Waals surface area contributed by atoms with Crippen LogP contribution in [0, 0.1) is 10.1 Å². The van der Waals surface area contributed by atoms with Gasteiger partial charge in [-0.1, -0.05) is 22.7 Å². The fraction of sp³-hybridized carbons (Fsp3) is 0.200. The van der Waals surface area contributed by atoms with E-state index in [0.29, 0.717) is 16.3 Å². The van der Waals surface area contributed by atoms with Crippen LogP contribution in [0.5, 0.6) is 11.5 Å². The largest absolute Gasteiger partial charge is 0.493 e. The van der Waals surface area contributed by atoms with E-state index in [1.54, 1.807) is 25.8 Å². The van der Waals surface area contributed by atoms with Crippen LogP contribution in [0.2, 0.25) is 0 Å². The third-order valence-corrected chi connectivity index (χ3v) is 5.61. The van der Waals surface area contributed by atoms with Crippen molar-refractivity contribution in [2.45, 2.75) is 0 Å². The highest BCUT2D eigenvalue weighted by Crippen LogP contribution is 2.33. The van der Waals surface area contributed by atoms with Gasteiger partial charge in [-0.2, -0.15) is 4.99 Å². The smallest absolute Gasteiger partial charge is 0.324 e. The molecule has 3 rings (SSSR count). The molecular weight excluding hydrogens is 366 g/mol. The number of rotatable bonds is 4. The Hall–Kier alpha value is -2.72. The number of nitrogens with zero attached hydrogens (tertiary/aromatic N) is 3. The zero-order valence-corrected chi connectivity index (χ0v) is 15.1. The number of thiazole rings is 1. The van der Waals surface area contributed by atoms with Crippen LogP contribution in [0.3, 0.4) is 0 Å². The van der Waals surface area contributed by atoms with E-state index in [9.17, 15) is 14.9 Å². The van der Waals surface area contributed by atoms with Crippen LogP contribution in [0.1, 0.15) is 9.67 Å². The Morgan fingerprint density at radius 2 is 1.88 bits per heavy atom. The standard InChI is InChI=1S/C15H13N3O5S2/c1-17-8-6-9(22-2)10(23-3)7-12(8)25-15(17)16-14(19)11-4-5-13(24-11)18(20)21/h4-7H,1-3H3. The van der Waals surface area contributed by atoms with Crippen molar-refractivity contribution in [1.29, 1.82) is 0 Å². The quantitative estimate of drug-likeness (QED) is 0.513. The summed E-state index contributed by atoms with van der Waals surface area (Å²) in [6, 6.07) is 6.34. The van der Waals surface area contributed by atoms with Crippen molar-refractivity contribution >= 4 is 43.8 Å². The summed E-state index contributed by atoms with van der Waals surface area (Å²) in [6.07, 6.45) is 0. The zero-order chi connectivity index (χ0) is 18.1. The van der Waals surface area contributed by atoms with E-state index in [-0.39, 0.29) is 9.88 Å². The molecule has 8 nitrogen and oxygen atoms in total. The molecule has 0 spiro atoms. The molecule has 25 heavy (non-hydrogen) atoms. The van der Waals surface area contributed by atoms with Crippen molar-refractivity contribution in [1.82, 2.24) is 4.57 Å². The Kier molecular flexibility index (Phi) is 4.55. The Morgan fingerprint density at radius 1 is 1.20 bits per heavy atom. The van der Waals surface area contributed by atoms with E-state index in [1.807, 2.05) is 12.1 Å². The van der Waals surface area contributed by atoms with Crippen molar-refractivity contribution in [2.24, 2.45) is 12.0 Å². The van der Waals surface area contributed by atoms with Gasteiger partial charge in [-0.25, -0.2) is 0 Å². The fourth-order valence-corrected chi connectivity index (χ4v) is 3.98. The molecule has 10 heteroatoms. The van der Waals surface area contributed by atoms with Crippen molar-refractivity contribution < 1.29 is 19.2 Å². The van der Waals surface area contributed by atoms with Gasteiger partial charge in [0.15, 0.2) is 16.3 Å². The molecule has 0 aliphatic rings. The molecule has 130 valence electrons. The maximum absolute atomic E-state index is 12.3. The highest BCUT2D eigenvalue weighted by molar-refractivity contribution is 7.17. The van der Waals surface area contributed by atoms with Crippen LogP contribution in [0.15, 0.2) is 29.3 Å².